The summed E-state index contributed by atoms with van der Waals surface area (Å²) in [5.41, 5.74) is 1.25. The zero-order valence-corrected chi connectivity index (χ0v) is 15.4. The van der Waals surface area contributed by atoms with Crippen LogP contribution >= 0.6 is 0 Å². The van der Waals surface area contributed by atoms with Gasteiger partial charge in [-0.25, -0.2) is 0 Å². The van der Waals surface area contributed by atoms with Crippen molar-refractivity contribution >= 4 is 14.5 Å². The van der Waals surface area contributed by atoms with Gasteiger partial charge in [0.05, 0.1) is 6.61 Å². The molecule has 0 aliphatic carbocycles. The van der Waals surface area contributed by atoms with Crippen molar-refractivity contribution < 1.29 is 4.74 Å². The Bertz CT molecular complexity index is 398. The summed E-state index contributed by atoms with van der Waals surface area (Å²) < 4.78 is 5.96. The lowest BCUT2D eigenvalue weighted by atomic mass is 10.2. The summed E-state index contributed by atoms with van der Waals surface area (Å²) in [6, 6.07) is 8.48. The van der Waals surface area contributed by atoms with Crippen LogP contribution in [-0.4, -0.2) is 29.0 Å². The van der Waals surface area contributed by atoms with Crippen molar-refractivity contribution in [2.45, 2.75) is 45.8 Å². The van der Waals surface area contributed by atoms with Crippen LogP contribution in [0.1, 0.15) is 27.7 Å². The maximum atomic E-state index is 5.96. The third-order valence-corrected chi connectivity index (χ3v) is 7.38. The van der Waals surface area contributed by atoms with E-state index in [0.717, 1.165) is 18.9 Å². The van der Waals surface area contributed by atoms with Gasteiger partial charge in [-0.05, 0) is 35.2 Å². The molecule has 0 aromatic heterocycles. The minimum absolute atomic E-state index is 0.340. The SMILES string of the molecule is CC(C)CN(C)c1ccc(OCC(C)(C)[SiH](C)C)cc1. The van der Waals surface area contributed by atoms with Gasteiger partial charge in [-0.3, -0.25) is 0 Å². The maximum Gasteiger partial charge on any atom is 0.119 e. The second-order valence-corrected chi connectivity index (χ2v) is 11.1. The van der Waals surface area contributed by atoms with E-state index in [-0.39, 0.29) is 0 Å². The number of hydrogen-bond donors (Lipinski definition) is 0. The molecule has 0 fully saturated rings. The largest absolute Gasteiger partial charge is 0.493 e. The van der Waals surface area contributed by atoms with Gasteiger partial charge in [0, 0.05) is 28.1 Å². The average molecular weight is 294 g/mol. The van der Waals surface area contributed by atoms with E-state index < -0.39 is 8.80 Å². The van der Waals surface area contributed by atoms with Crippen LogP contribution in [0.2, 0.25) is 18.1 Å². The second kappa shape index (κ2) is 7.16. The predicted molar refractivity (Wildman–Crippen MR) is 93.0 cm³/mol. The van der Waals surface area contributed by atoms with Gasteiger partial charge in [-0.1, -0.05) is 40.8 Å². The smallest absolute Gasteiger partial charge is 0.119 e. The van der Waals surface area contributed by atoms with Crippen molar-refractivity contribution in [2.24, 2.45) is 5.92 Å². The van der Waals surface area contributed by atoms with Crippen molar-refractivity contribution in [1.82, 2.24) is 0 Å². The lowest BCUT2D eigenvalue weighted by Crippen LogP contribution is -2.27. The van der Waals surface area contributed by atoms with Crippen LogP contribution in [0.4, 0.5) is 5.69 Å². The Morgan fingerprint density at radius 2 is 1.70 bits per heavy atom. The number of benzene rings is 1. The number of ether oxygens (including phenoxy) is 1. The predicted octanol–water partition coefficient (Wildman–Crippen LogP) is 4.42. The van der Waals surface area contributed by atoms with Crippen LogP contribution in [-0.2, 0) is 0 Å². The highest BCUT2D eigenvalue weighted by Crippen LogP contribution is 2.29. The van der Waals surface area contributed by atoms with Crippen LogP contribution in [0.5, 0.6) is 5.75 Å². The minimum Gasteiger partial charge on any atom is -0.493 e. The van der Waals surface area contributed by atoms with Crippen LogP contribution in [0.3, 0.4) is 0 Å². The molecular formula is C17H31NOSi. The third-order valence-electron chi connectivity index (χ3n) is 4.09. The highest BCUT2D eigenvalue weighted by atomic mass is 28.3. The maximum absolute atomic E-state index is 5.96. The summed E-state index contributed by atoms with van der Waals surface area (Å²) in [7, 11) is 1.45. The van der Waals surface area contributed by atoms with Crippen molar-refractivity contribution in [2.75, 3.05) is 25.1 Å². The molecule has 20 heavy (non-hydrogen) atoms. The molecule has 0 aliphatic heterocycles. The Labute approximate surface area is 126 Å². The molecule has 0 bridgehead atoms. The first-order valence-electron chi connectivity index (χ1n) is 7.66. The van der Waals surface area contributed by atoms with Crippen LogP contribution in [0, 0.1) is 5.92 Å². The molecule has 1 aromatic carbocycles. The molecule has 1 aromatic rings. The average Bonchev–Trinajstić information content (AvgIpc) is 2.36. The molecule has 3 heteroatoms. The van der Waals surface area contributed by atoms with E-state index in [2.05, 4.69) is 77.0 Å². The number of hydrogen-bond acceptors (Lipinski definition) is 2. The van der Waals surface area contributed by atoms with E-state index in [9.17, 15) is 0 Å². The highest BCUT2D eigenvalue weighted by molar-refractivity contribution is 6.59. The Morgan fingerprint density at radius 3 is 2.15 bits per heavy atom. The fraction of sp³-hybridized carbons (Fsp3) is 0.647. The monoisotopic (exact) mass is 293 g/mol. The fourth-order valence-electron chi connectivity index (χ4n) is 1.89. The first-order chi connectivity index (χ1) is 9.22. The second-order valence-electron chi connectivity index (χ2n) is 7.20. The topological polar surface area (TPSA) is 12.5 Å². The Hall–Kier alpha value is -0.963. The molecule has 0 heterocycles. The first-order valence-corrected chi connectivity index (χ1v) is 10.5. The molecule has 0 aliphatic rings. The van der Waals surface area contributed by atoms with E-state index in [1.165, 1.54) is 5.69 Å². The number of nitrogens with zero attached hydrogens (tertiary/aromatic N) is 1. The summed E-state index contributed by atoms with van der Waals surface area (Å²) in [4.78, 5) is 2.29. The van der Waals surface area contributed by atoms with E-state index in [1.54, 1.807) is 0 Å². The fourth-order valence-corrected chi connectivity index (χ4v) is 2.30. The van der Waals surface area contributed by atoms with Crippen molar-refractivity contribution in [3.05, 3.63) is 24.3 Å². The molecule has 0 amide bonds. The molecule has 0 saturated heterocycles. The molecular weight excluding hydrogens is 262 g/mol. The molecule has 0 saturated carbocycles. The summed E-state index contributed by atoms with van der Waals surface area (Å²) in [6.07, 6.45) is 0. The number of rotatable bonds is 7. The molecule has 1 rings (SSSR count). The zero-order chi connectivity index (χ0) is 15.3. The zero-order valence-electron chi connectivity index (χ0n) is 14.2. The summed E-state index contributed by atoms with van der Waals surface area (Å²) in [5.74, 6) is 1.65. The quantitative estimate of drug-likeness (QED) is 0.690. The molecule has 0 radical (unpaired) electrons. The molecule has 0 spiro atoms. The van der Waals surface area contributed by atoms with E-state index >= 15 is 0 Å². The first kappa shape index (κ1) is 17.1. The normalized spacial score (nSPS) is 12.1. The van der Waals surface area contributed by atoms with Crippen LogP contribution < -0.4 is 9.64 Å². The Morgan fingerprint density at radius 1 is 1.15 bits per heavy atom. The molecule has 2 nitrogen and oxygen atoms in total. The van der Waals surface area contributed by atoms with Gasteiger partial charge in [0.25, 0.3) is 0 Å². The molecule has 0 N–H and O–H groups in total. The summed E-state index contributed by atoms with van der Waals surface area (Å²) in [5, 5.41) is 0.340. The van der Waals surface area contributed by atoms with Gasteiger partial charge in [0.15, 0.2) is 0 Å². The summed E-state index contributed by atoms with van der Waals surface area (Å²) >= 11 is 0. The molecule has 0 atom stereocenters. The van der Waals surface area contributed by atoms with Crippen molar-refractivity contribution in [3.63, 3.8) is 0 Å². The standard InChI is InChI=1S/C17H31NOSi/c1-14(2)12-18(5)15-8-10-16(11-9-15)19-13-17(3,4)20(6)7/h8-11,14,20H,12-13H2,1-7H3. The molecule has 0 unspecified atom stereocenters. The van der Waals surface area contributed by atoms with E-state index in [4.69, 9.17) is 4.74 Å². The van der Waals surface area contributed by atoms with Crippen LogP contribution in [0.25, 0.3) is 0 Å². The van der Waals surface area contributed by atoms with Crippen LogP contribution in [0.15, 0.2) is 24.3 Å². The Balaban J connectivity index is 2.59. The van der Waals surface area contributed by atoms with Gasteiger partial charge < -0.3 is 9.64 Å². The Kier molecular flexibility index (Phi) is 6.12. The van der Waals surface area contributed by atoms with Gasteiger partial charge in [0.2, 0.25) is 0 Å². The third kappa shape index (κ3) is 5.20. The lowest BCUT2D eigenvalue weighted by molar-refractivity contribution is 0.276. The number of anilines is 1. The van der Waals surface area contributed by atoms with Gasteiger partial charge in [-0.2, -0.15) is 0 Å². The minimum atomic E-state index is -0.697. The van der Waals surface area contributed by atoms with Gasteiger partial charge in [0.1, 0.15) is 5.75 Å². The van der Waals surface area contributed by atoms with Gasteiger partial charge >= 0.3 is 0 Å². The van der Waals surface area contributed by atoms with E-state index in [0.29, 0.717) is 11.0 Å². The highest BCUT2D eigenvalue weighted by Gasteiger charge is 2.24. The lowest BCUT2D eigenvalue weighted by Gasteiger charge is -2.28. The van der Waals surface area contributed by atoms with Crippen molar-refractivity contribution in [3.8, 4) is 5.75 Å². The summed E-state index contributed by atoms with van der Waals surface area (Å²) in [6.45, 7) is 15.8. The van der Waals surface area contributed by atoms with E-state index in [1.807, 2.05) is 0 Å². The van der Waals surface area contributed by atoms with Gasteiger partial charge in [-0.15, -0.1) is 0 Å². The van der Waals surface area contributed by atoms with Crippen molar-refractivity contribution in [1.29, 1.82) is 0 Å². The molecule has 114 valence electrons.